The molecule has 0 aromatic carbocycles. The van der Waals surface area contributed by atoms with Crippen LogP contribution in [0, 0.1) is 11.7 Å². The third kappa shape index (κ3) is 2.47. The number of hydrogen-bond acceptors (Lipinski definition) is 4. The van der Waals surface area contributed by atoms with Gasteiger partial charge in [0.25, 0.3) is 0 Å². The van der Waals surface area contributed by atoms with Crippen molar-refractivity contribution in [2.24, 2.45) is 5.92 Å². The van der Waals surface area contributed by atoms with Gasteiger partial charge in [-0.1, -0.05) is 6.92 Å². The van der Waals surface area contributed by atoms with E-state index in [2.05, 4.69) is 20.6 Å². The summed E-state index contributed by atoms with van der Waals surface area (Å²) in [4.78, 5) is 7.83. The largest absolute Gasteiger partial charge is 0.367 e. The average Bonchev–Trinajstić information content (AvgIpc) is 2.81. The lowest BCUT2D eigenvalue weighted by Gasteiger charge is -2.11. The summed E-state index contributed by atoms with van der Waals surface area (Å²) in [5, 5.41) is 6.34. The van der Waals surface area contributed by atoms with Crippen molar-refractivity contribution < 1.29 is 4.39 Å². The van der Waals surface area contributed by atoms with Crippen molar-refractivity contribution >= 4 is 5.82 Å². The van der Waals surface area contributed by atoms with Crippen LogP contribution in [0.4, 0.5) is 10.2 Å². The van der Waals surface area contributed by atoms with Gasteiger partial charge in [-0.2, -0.15) is 0 Å². The number of hydrogen-bond donors (Lipinski definition) is 2. The Bertz CT molecular complexity index is 350. The number of halogens is 1. The van der Waals surface area contributed by atoms with E-state index in [0.717, 1.165) is 26.1 Å². The van der Waals surface area contributed by atoms with Gasteiger partial charge >= 0.3 is 0 Å². The third-order valence-electron chi connectivity index (χ3n) is 2.92. The fourth-order valence-electron chi connectivity index (χ4n) is 1.91. The maximum absolute atomic E-state index is 13.7. The topological polar surface area (TPSA) is 49.8 Å². The van der Waals surface area contributed by atoms with E-state index in [0.29, 0.717) is 23.9 Å². The van der Waals surface area contributed by atoms with Gasteiger partial charge in [0.1, 0.15) is 6.33 Å². The SMILES string of the molecule is CCc1ncnc(NCC2CCNC2)c1F. The first-order valence-electron chi connectivity index (χ1n) is 5.75. The molecule has 0 radical (unpaired) electrons. The van der Waals surface area contributed by atoms with E-state index in [4.69, 9.17) is 0 Å². The van der Waals surface area contributed by atoms with Crippen LogP contribution in [0.5, 0.6) is 0 Å². The first kappa shape index (κ1) is 11.3. The van der Waals surface area contributed by atoms with Crippen LogP contribution >= 0.6 is 0 Å². The molecule has 1 unspecified atom stereocenters. The molecular weight excluding hydrogens is 207 g/mol. The van der Waals surface area contributed by atoms with Crippen molar-refractivity contribution in [3.63, 3.8) is 0 Å². The predicted molar refractivity (Wildman–Crippen MR) is 60.8 cm³/mol. The van der Waals surface area contributed by atoms with Crippen LogP contribution in [0.15, 0.2) is 6.33 Å². The molecule has 16 heavy (non-hydrogen) atoms. The van der Waals surface area contributed by atoms with Gasteiger partial charge in [0, 0.05) is 6.54 Å². The molecule has 0 saturated carbocycles. The quantitative estimate of drug-likeness (QED) is 0.807. The molecule has 0 aliphatic carbocycles. The van der Waals surface area contributed by atoms with Crippen molar-refractivity contribution in [1.29, 1.82) is 0 Å². The molecule has 0 spiro atoms. The Hall–Kier alpha value is -1.23. The van der Waals surface area contributed by atoms with Crippen LogP contribution in [0.2, 0.25) is 0 Å². The van der Waals surface area contributed by atoms with Gasteiger partial charge < -0.3 is 10.6 Å². The zero-order valence-electron chi connectivity index (χ0n) is 9.46. The molecule has 1 aliphatic heterocycles. The lowest BCUT2D eigenvalue weighted by Crippen LogP contribution is -2.18. The average molecular weight is 224 g/mol. The van der Waals surface area contributed by atoms with E-state index in [1.54, 1.807) is 0 Å². The number of rotatable bonds is 4. The molecule has 4 nitrogen and oxygen atoms in total. The molecule has 1 aliphatic rings. The molecule has 1 fully saturated rings. The highest BCUT2D eigenvalue weighted by Crippen LogP contribution is 2.15. The molecule has 1 saturated heterocycles. The molecular formula is C11H17FN4. The van der Waals surface area contributed by atoms with Gasteiger partial charge in [-0.25, -0.2) is 14.4 Å². The lowest BCUT2D eigenvalue weighted by molar-refractivity contribution is 0.582. The van der Waals surface area contributed by atoms with Crippen LogP contribution in [-0.4, -0.2) is 29.6 Å². The van der Waals surface area contributed by atoms with E-state index in [-0.39, 0.29) is 5.82 Å². The maximum atomic E-state index is 13.7. The molecule has 0 bridgehead atoms. The molecule has 1 aromatic rings. The summed E-state index contributed by atoms with van der Waals surface area (Å²) in [7, 11) is 0. The van der Waals surface area contributed by atoms with Gasteiger partial charge in [0.05, 0.1) is 5.69 Å². The van der Waals surface area contributed by atoms with E-state index < -0.39 is 0 Å². The minimum absolute atomic E-state index is 0.309. The van der Waals surface area contributed by atoms with Gasteiger partial charge in [0.2, 0.25) is 0 Å². The Kier molecular flexibility index (Phi) is 3.66. The molecule has 2 rings (SSSR count). The van der Waals surface area contributed by atoms with Gasteiger partial charge in [0.15, 0.2) is 11.6 Å². The summed E-state index contributed by atoms with van der Waals surface area (Å²) in [6.07, 6.45) is 3.14. The summed E-state index contributed by atoms with van der Waals surface area (Å²) in [6, 6.07) is 0. The Morgan fingerprint density at radius 1 is 1.56 bits per heavy atom. The van der Waals surface area contributed by atoms with Crippen molar-refractivity contribution in [3.05, 3.63) is 17.8 Å². The van der Waals surface area contributed by atoms with Crippen LogP contribution in [0.25, 0.3) is 0 Å². The van der Waals surface area contributed by atoms with Crippen LogP contribution in [0.1, 0.15) is 19.0 Å². The molecule has 88 valence electrons. The highest BCUT2D eigenvalue weighted by Gasteiger charge is 2.15. The number of nitrogens with zero attached hydrogens (tertiary/aromatic N) is 2. The second-order valence-corrected chi connectivity index (χ2v) is 4.08. The fourth-order valence-corrected chi connectivity index (χ4v) is 1.91. The summed E-state index contributed by atoms with van der Waals surface area (Å²) in [5.41, 5.74) is 0.474. The number of aromatic nitrogens is 2. The molecule has 5 heteroatoms. The van der Waals surface area contributed by atoms with Gasteiger partial charge in [-0.15, -0.1) is 0 Å². The van der Waals surface area contributed by atoms with E-state index in [9.17, 15) is 4.39 Å². The Morgan fingerprint density at radius 2 is 2.44 bits per heavy atom. The zero-order valence-corrected chi connectivity index (χ0v) is 9.46. The van der Waals surface area contributed by atoms with Crippen LogP contribution in [0.3, 0.4) is 0 Å². The highest BCUT2D eigenvalue weighted by atomic mass is 19.1. The second kappa shape index (κ2) is 5.21. The number of aryl methyl sites for hydroxylation is 1. The van der Waals surface area contributed by atoms with Crippen molar-refractivity contribution in [3.8, 4) is 0 Å². The molecule has 0 amide bonds. The van der Waals surface area contributed by atoms with Crippen LogP contribution in [-0.2, 0) is 6.42 Å². The summed E-state index contributed by atoms with van der Waals surface area (Å²) in [5.74, 6) is 0.592. The predicted octanol–water partition coefficient (Wildman–Crippen LogP) is 1.20. The van der Waals surface area contributed by atoms with Crippen molar-refractivity contribution in [1.82, 2.24) is 15.3 Å². The summed E-state index contributed by atoms with van der Waals surface area (Å²) < 4.78 is 13.7. The lowest BCUT2D eigenvalue weighted by atomic mass is 10.1. The zero-order chi connectivity index (χ0) is 11.4. The van der Waals surface area contributed by atoms with Gasteiger partial charge in [-0.05, 0) is 31.8 Å². The Balaban J connectivity index is 1.97. The van der Waals surface area contributed by atoms with Gasteiger partial charge in [-0.3, -0.25) is 0 Å². The molecule has 1 atom stereocenters. The van der Waals surface area contributed by atoms with Crippen molar-refractivity contribution in [2.45, 2.75) is 19.8 Å². The Labute approximate surface area is 94.7 Å². The third-order valence-corrected chi connectivity index (χ3v) is 2.92. The van der Waals surface area contributed by atoms with E-state index in [1.807, 2.05) is 6.92 Å². The van der Waals surface area contributed by atoms with E-state index in [1.165, 1.54) is 6.33 Å². The summed E-state index contributed by atoms with van der Waals surface area (Å²) in [6.45, 7) is 4.71. The normalized spacial score (nSPS) is 20.0. The first-order valence-corrected chi connectivity index (χ1v) is 5.75. The highest BCUT2D eigenvalue weighted by molar-refractivity contribution is 5.37. The number of nitrogens with one attached hydrogen (secondary N) is 2. The van der Waals surface area contributed by atoms with E-state index >= 15 is 0 Å². The minimum Gasteiger partial charge on any atom is -0.367 e. The van der Waals surface area contributed by atoms with Crippen molar-refractivity contribution in [2.75, 3.05) is 25.0 Å². The first-order chi connectivity index (χ1) is 7.81. The second-order valence-electron chi connectivity index (χ2n) is 4.08. The fraction of sp³-hybridized carbons (Fsp3) is 0.636. The van der Waals surface area contributed by atoms with Crippen LogP contribution < -0.4 is 10.6 Å². The standard InChI is InChI=1S/C11H17FN4/c1-2-9-10(12)11(16-7-15-9)14-6-8-3-4-13-5-8/h7-8,13H,2-6H2,1H3,(H,14,15,16). The monoisotopic (exact) mass is 224 g/mol. The maximum Gasteiger partial charge on any atom is 0.186 e. The molecule has 1 aromatic heterocycles. The number of anilines is 1. The molecule has 2 N–H and O–H groups in total. The Morgan fingerprint density at radius 3 is 3.12 bits per heavy atom. The summed E-state index contributed by atoms with van der Waals surface area (Å²) >= 11 is 0. The smallest absolute Gasteiger partial charge is 0.186 e. The molecule has 2 heterocycles. The minimum atomic E-state index is -0.309.